The van der Waals surface area contributed by atoms with Gasteiger partial charge in [0.25, 0.3) is 0 Å². The van der Waals surface area contributed by atoms with Gasteiger partial charge in [0.05, 0.1) is 19.7 Å². The summed E-state index contributed by atoms with van der Waals surface area (Å²) in [6.45, 7) is 0.0736. The Hall–Kier alpha value is -3.13. The van der Waals surface area contributed by atoms with E-state index in [2.05, 4.69) is 20.0 Å². The second-order valence-electron chi connectivity index (χ2n) is 5.96. The van der Waals surface area contributed by atoms with E-state index in [1.807, 2.05) is 6.07 Å². The second-order valence-corrected chi connectivity index (χ2v) is 5.96. The maximum atomic E-state index is 12.5. The number of hydrogen-bond acceptors (Lipinski definition) is 6. The second kappa shape index (κ2) is 6.88. The van der Waals surface area contributed by atoms with Crippen molar-refractivity contribution in [3.05, 3.63) is 35.7 Å². The fourth-order valence-corrected chi connectivity index (χ4v) is 2.26. The van der Waals surface area contributed by atoms with Gasteiger partial charge in [-0.3, -0.25) is 4.84 Å². The lowest BCUT2D eigenvalue weighted by Gasteiger charge is -2.21. The van der Waals surface area contributed by atoms with Crippen LogP contribution in [0.3, 0.4) is 0 Å². The first-order valence-corrected chi connectivity index (χ1v) is 7.81. The van der Waals surface area contributed by atoms with E-state index in [4.69, 9.17) is 10.1 Å². The largest absolute Gasteiger partial charge is 0.471 e. The van der Waals surface area contributed by atoms with Gasteiger partial charge in [0.1, 0.15) is 5.54 Å². The number of halogens is 3. The molecule has 2 amide bonds. The molecule has 1 saturated carbocycles. The molecule has 1 aliphatic rings. The van der Waals surface area contributed by atoms with E-state index in [0.29, 0.717) is 24.0 Å². The Bertz CT molecular complexity index is 869. The van der Waals surface area contributed by atoms with E-state index in [0.717, 1.165) is 5.06 Å². The summed E-state index contributed by atoms with van der Waals surface area (Å²) in [5.41, 5.74) is 0.150. The van der Waals surface area contributed by atoms with Crippen molar-refractivity contribution in [3.8, 4) is 17.5 Å². The van der Waals surface area contributed by atoms with Gasteiger partial charge >= 0.3 is 18.1 Å². The summed E-state index contributed by atoms with van der Waals surface area (Å²) in [6.07, 6.45) is -3.53. The summed E-state index contributed by atoms with van der Waals surface area (Å²) in [5, 5.41) is 16.0. The van der Waals surface area contributed by atoms with Crippen LogP contribution >= 0.6 is 0 Å². The predicted molar refractivity (Wildman–Crippen MR) is 83.4 cm³/mol. The number of carbonyl (C=O) groups excluding carboxylic acids is 1. The van der Waals surface area contributed by atoms with Crippen LogP contribution in [0.25, 0.3) is 11.4 Å². The standard InChI is InChI=1S/C16H14F3N5O3/c1-26-24(14(25)22-15(9-20)6-7-15)8-10-2-4-11(5-3-10)12-21-13(27-23-12)16(17,18)19/h2-5H,6-8H2,1H3,(H,22,25). The van der Waals surface area contributed by atoms with Crippen molar-refractivity contribution >= 4 is 6.03 Å². The fraction of sp³-hybridized carbons (Fsp3) is 0.375. The molecule has 0 saturated heterocycles. The highest BCUT2D eigenvalue weighted by Gasteiger charge is 2.45. The lowest BCUT2D eigenvalue weighted by molar-refractivity contribution is -0.159. The Balaban J connectivity index is 1.67. The van der Waals surface area contributed by atoms with Crippen molar-refractivity contribution in [2.24, 2.45) is 0 Å². The molecule has 1 fully saturated rings. The van der Waals surface area contributed by atoms with Crippen LogP contribution < -0.4 is 5.32 Å². The zero-order valence-corrected chi connectivity index (χ0v) is 14.1. The molecular weight excluding hydrogens is 367 g/mol. The summed E-state index contributed by atoms with van der Waals surface area (Å²) in [5.74, 6) is -1.62. The number of urea groups is 1. The lowest BCUT2D eigenvalue weighted by atomic mass is 10.1. The Morgan fingerprint density at radius 1 is 1.41 bits per heavy atom. The molecule has 0 atom stereocenters. The van der Waals surface area contributed by atoms with Crippen molar-refractivity contribution < 1.29 is 27.3 Å². The molecule has 2 aromatic rings. The average molecular weight is 381 g/mol. The third kappa shape index (κ3) is 4.17. The van der Waals surface area contributed by atoms with E-state index < -0.39 is 23.6 Å². The van der Waals surface area contributed by atoms with Crippen LogP contribution in [0.4, 0.5) is 18.0 Å². The molecule has 11 heteroatoms. The fourth-order valence-electron chi connectivity index (χ4n) is 2.26. The maximum absolute atomic E-state index is 12.5. The number of nitrogens with one attached hydrogen (secondary N) is 1. The molecule has 0 radical (unpaired) electrons. The SMILES string of the molecule is CON(Cc1ccc(-c2noc(C(F)(F)F)n2)cc1)C(=O)NC1(C#N)CC1. The van der Waals surface area contributed by atoms with Gasteiger partial charge in [0, 0.05) is 5.56 Å². The van der Waals surface area contributed by atoms with Gasteiger partial charge in [-0.2, -0.15) is 28.5 Å². The molecule has 1 N–H and O–H groups in total. The Labute approximate surface area is 151 Å². The number of benzene rings is 1. The van der Waals surface area contributed by atoms with Gasteiger partial charge < -0.3 is 9.84 Å². The molecule has 1 heterocycles. The molecule has 1 aromatic heterocycles. The minimum absolute atomic E-state index is 0.0736. The quantitative estimate of drug-likeness (QED) is 0.799. The highest BCUT2D eigenvalue weighted by molar-refractivity contribution is 5.75. The van der Waals surface area contributed by atoms with Crippen molar-refractivity contribution in [2.75, 3.05) is 7.11 Å². The third-order valence-corrected chi connectivity index (χ3v) is 3.96. The monoisotopic (exact) mass is 381 g/mol. The van der Waals surface area contributed by atoms with E-state index in [1.165, 1.54) is 19.2 Å². The maximum Gasteiger partial charge on any atom is 0.471 e. The number of rotatable bonds is 5. The van der Waals surface area contributed by atoms with Gasteiger partial charge in [-0.05, 0) is 18.4 Å². The van der Waals surface area contributed by atoms with Crippen molar-refractivity contribution in [3.63, 3.8) is 0 Å². The van der Waals surface area contributed by atoms with E-state index in [1.54, 1.807) is 12.1 Å². The first kappa shape index (κ1) is 18.7. The van der Waals surface area contributed by atoms with Gasteiger partial charge in [-0.1, -0.05) is 29.4 Å². The molecule has 0 spiro atoms. The van der Waals surface area contributed by atoms with E-state index >= 15 is 0 Å². The number of aromatic nitrogens is 2. The molecule has 27 heavy (non-hydrogen) atoms. The minimum Gasteiger partial charge on any atom is -0.329 e. The van der Waals surface area contributed by atoms with Crippen molar-refractivity contribution in [1.82, 2.24) is 20.5 Å². The number of amides is 2. The third-order valence-electron chi connectivity index (χ3n) is 3.96. The molecule has 142 valence electrons. The van der Waals surface area contributed by atoms with Crippen LogP contribution in [-0.2, 0) is 17.6 Å². The number of alkyl halides is 3. The molecule has 3 rings (SSSR count). The summed E-state index contributed by atoms with van der Waals surface area (Å²) in [6, 6.07) is 7.69. The van der Waals surface area contributed by atoms with E-state index in [9.17, 15) is 18.0 Å². The smallest absolute Gasteiger partial charge is 0.329 e. The van der Waals surface area contributed by atoms with Crippen LogP contribution in [0.1, 0.15) is 24.3 Å². The van der Waals surface area contributed by atoms with Crippen LogP contribution in [0.5, 0.6) is 0 Å². The normalized spacial score (nSPS) is 15.1. The van der Waals surface area contributed by atoms with Crippen LogP contribution in [0.15, 0.2) is 28.8 Å². The number of nitrogens with zero attached hydrogens (tertiary/aromatic N) is 4. The Morgan fingerprint density at radius 3 is 2.56 bits per heavy atom. The highest BCUT2D eigenvalue weighted by atomic mass is 19.4. The zero-order valence-electron chi connectivity index (χ0n) is 14.1. The molecule has 0 bridgehead atoms. The van der Waals surface area contributed by atoms with Crippen LogP contribution in [-0.4, -0.2) is 33.9 Å². The van der Waals surface area contributed by atoms with Crippen molar-refractivity contribution in [2.45, 2.75) is 31.1 Å². The summed E-state index contributed by atoms with van der Waals surface area (Å²) < 4.78 is 41.7. The minimum atomic E-state index is -4.71. The first-order chi connectivity index (χ1) is 12.8. The van der Waals surface area contributed by atoms with E-state index in [-0.39, 0.29) is 12.4 Å². The molecule has 0 aliphatic heterocycles. The summed E-state index contributed by atoms with van der Waals surface area (Å²) >= 11 is 0. The van der Waals surface area contributed by atoms with Gasteiger partial charge in [-0.15, -0.1) is 0 Å². The number of nitriles is 1. The molecule has 8 nitrogen and oxygen atoms in total. The average Bonchev–Trinajstić information content (AvgIpc) is 3.21. The number of hydroxylamine groups is 2. The zero-order chi connectivity index (χ0) is 19.7. The first-order valence-electron chi connectivity index (χ1n) is 7.81. The topological polar surface area (TPSA) is 104 Å². The Kier molecular flexibility index (Phi) is 4.75. The summed E-state index contributed by atoms with van der Waals surface area (Å²) in [7, 11) is 1.32. The van der Waals surface area contributed by atoms with Crippen LogP contribution in [0, 0.1) is 11.3 Å². The molecule has 0 unspecified atom stereocenters. The van der Waals surface area contributed by atoms with Gasteiger partial charge in [0.15, 0.2) is 0 Å². The van der Waals surface area contributed by atoms with Gasteiger partial charge in [-0.25, -0.2) is 4.79 Å². The number of hydrogen-bond donors (Lipinski definition) is 1. The van der Waals surface area contributed by atoms with Crippen LogP contribution in [0.2, 0.25) is 0 Å². The summed E-state index contributed by atoms with van der Waals surface area (Å²) in [4.78, 5) is 20.5. The van der Waals surface area contributed by atoms with Gasteiger partial charge in [0.2, 0.25) is 5.82 Å². The molecular formula is C16H14F3N5O3. The number of carbonyl (C=O) groups is 1. The lowest BCUT2D eigenvalue weighted by Crippen LogP contribution is -2.44. The predicted octanol–water partition coefficient (Wildman–Crippen LogP) is 2.88. The highest BCUT2D eigenvalue weighted by Crippen LogP contribution is 2.34. The molecule has 1 aromatic carbocycles. The van der Waals surface area contributed by atoms with Crippen molar-refractivity contribution in [1.29, 1.82) is 5.26 Å². The Morgan fingerprint density at radius 2 is 2.07 bits per heavy atom. The molecule has 1 aliphatic carbocycles.